The molecule has 1 N–H and O–H groups in total. The fraction of sp³-hybridized carbons (Fsp3) is 0.211. The van der Waals surface area contributed by atoms with Gasteiger partial charge >= 0.3 is 18.7 Å². The molecule has 0 saturated heterocycles. The molecule has 15 heteroatoms. The van der Waals surface area contributed by atoms with E-state index in [1.54, 1.807) is 6.07 Å². The first-order chi connectivity index (χ1) is 15.7. The molecule has 0 aliphatic carbocycles. The number of alkyl halides is 9. The van der Waals surface area contributed by atoms with Gasteiger partial charge in [0.2, 0.25) is 0 Å². The topological polar surface area (TPSA) is 83.8 Å². The van der Waals surface area contributed by atoms with Crippen molar-refractivity contribution in [2.24, 2.45) is 0 Å². The van der Waals surface area contributed by atoms with Crippen molar-refractivity contribution in [3.8, 4) is 28.8 Å². The van der Waals surface area contributed by atoms with E-state index in [9.17, 15) is 39.5 Å². The molecule has 0 aliphatic rings. The van der Waals surface area contributed by atoms with Crippen molar-refractivity contribution < 1.29 is 49.0 Å². The van der Waals surface area contributed by atoms with Crippen LogP contribution in [0.1, 0.15) is 22.4 Å². The van der Waals surface area contributed by atoms with Gasteiger partial charge in [0.1, 0.15) is 29.9 Å². The minimum atomic E-state index is -5.14. The molecule has 180 valence electrons. The molecule has 2 aromatic carbocycles. The van der Waals surface area contributed by atoms with Gasteiger partial charge in [-0.2, -0.15) is 31.6 Å². The van der Waals surface area contributed by atoms with Crippen molar-refractivity contribution in [1.29, 1.82) is 5.26 Å². The molecule has 1 heterocycles. The average Bonchev–Trinajstić information content (AvgIpc) is 3.18. The third-order valence-corrected chi connectivity index (χ3v) is 4.10. The number of nitrogens with one attached hydrogen (secondary N) is 1. The molecule has 0 radical (unpaired) electrons. The number of aromatic amines is 1. The van der Waals surface area contributed by atoms with Gasteiger partial charge < -0.3 is 9.47 Å². The van der Waals surface area contributed by atoms with Crippen LogP contribution < -0.4 is 9.47 Å². The van der Waals surface area contributed by atoms with Gasteiger partial charge in [0, 0.05) is 11.6 Å². The second kappa shape index (κ2) is 8.76. The van der Waals surface area contributed by atoms with Gasteiger partial charge in [-0.15, -0.1) is 18.3 Å². The van der Waals surface area contributed by atoms with Crippen molar-refractivity contribution in [2.45, 2.75) is 25.3 Å². The lowest BCUT2D eigenvalue weighted by Crippen LogP contribution is -2.17. The summed E-state index contributed by atoms with van der Waals surface area (Å²) in [6, 6.07) is 5.02. The summed E-state index contributed by atoms with van der Waals surface area (Å²) in [4.78, 5) is 0. The number of benzene rings is 2. The highest BCUT2D eigenvalue weighted by atomic mass is 19.4. The first-order valence-corrected chi connectivity index (χ1v) is 8.79. The van der Waals surface area contributed by atoms with Crippen molar-refractivity contribution in [3.63, 3.8) is 0 Å². The maximum atomic E-state index is 13.0. The quantitative estimate of drug-likeness (QED) is 0.448. The SMILES string of the molecule is N#Cc1[nH]nnc1-c1cc(OCc2cc(C(F)(F)F)cc(C(F)(F)F)c2)cc(OC(F)(F)F)c1. The molecule has 1 aromatic heterocycles. The fourth-order valence-electron chi connectivity index (χ4n) is 2.76. The third-order valence-electron chi connectivity index (χ3n) is 4.10. The number of hydrogen-bond donors (Lipinski definition) is 1. The van der Waals surface area contributed by atoms with E-state index in [4.69, 9.17) is 10.00 Å². The molecule has 0 aliphatic heterocycles. The minimum Gasteiger partial charge on any atom is -0.489 e. The maximum Gasteiger partial charge on any atom is 0.573 e. The molecule has 0 unspecified atom stereocenters. The Balaban J connectivity index is 1.99. The average molecular weight is 496 g/mol. The fourth-order valence-corrected chi connectivity index (χ4v) is 2.76. The largest absolute Gasteiger partial charge is 0.573 e. The Hall–Kier alpha value is -3.96. The summed E-state index contributed by atoms with van der Waals surface area (Å²) < 4.78 is 125. The summed E-state index contributed by atoms with van der Waals surface area (Å²) in [5, 5.41) is 18.2. The molecular weight excluding hydrogens is 487 g/mol. The first kappa shape index (κ1) is 24.7. The molecule has 6 nitrogen and oxygen atoms in total. The molecule has 0 amide bonds. The molecular formula is C19H9F9N4O2. The summed E-state index contributed by atoms with van der Waals surface area (Å²) in [5.41, 5.74) is -4.30. The minimum absolute atomic E-state index is 0.0760. The Bertz CT molecular complexity index is 1190. The number of nitriles is 1. The van der Waals surface area contributed by atoms with E-state index in [-0.39, 0.29) is 23.0 Å². The van der Waals surface area contributed by atoms with Crippen molar-refractivity contribution in [2.75, 3.05) is 0 Å². The van der Waals surface area contributed by atoms with Gasteiger partial charge in [0.25, 0.3) is 0 Å². The predicted octanol–water partition coefficient (Wildman–Crippen LogP) is 5.86. The molecule has 0 saturated carbocycles. The van der Waals surface area contributed by atoms with E-state index in [0.29, 0.717) is 18.2 Å². The first-order valence-electron chi connectivity index (χ1n) is 8.79. The van der Waals surface area contributed by atoms with Gasteiger partial charge in [-0.1, -0.05) is 5.21 Å². The predicted molar refractivity (Wildman–Crippen MR) is 94.0 cm³/mol. The summed E-state index contributed by atoms with van der Waals surface area (Å²) in [6.07, 6.45) is -15.3. The van der Waals surface area contributed by atoms with Crippen LogP contribution in [0.4, 0.5) is 39.5 Å². The zero-order valence-electron chi connectivity index (χ0n) is 16.2. The lowest BCUT2D eigenvalue weighted by Gasteiger charge is -2.16. The van der Waals surface area contributed by atoms with Crippen LogP contribution in [0.3, 0.4) is 0 Å². The van der Waals surface area contributed by atoms with Crippen LogP contribution in [0, 0.1) is 11.3 Å². The molecule has 3 aromatic rings. The summed E-state index contributed by atoms with van der Waals surface area (Å²) in [6.45, 7) is -0.869. The van der Waals surface area contributed by atoms with Crippen LogP contribution in [0.25, 0.3) is 11.3 Å². The molecule has 0 spiro atoms. The molecule has 0 atom stereocenters. The molecule has 3 rings (SSSR count). The second-order valence-corrected chi connectivity index (χ2v) is 6.59. The van der Waals surface area contributed by atoms with Crippen molar-refractivity contribution in [1.82, 2.24) is 15.4 Å². The zero-order valence-corrected chi connectivity index (χ0v) is 16.2. The van der Waals surface area contributed by atoms with E-state index in [0.717, 1.165) is 12.1 Å². The van der Waals surface area contributed by atoms with Gasteiger partial charge in [-0.05, 0) is 35.9 Å². The van der Waals surface area contributed by atoms with Crippen molar-refractivity contribution >= 4 is 0 Å². The Morgan fingerprint density at radius 3 is 1.94 bits per heavy atom. The number of H-pyrrole nitrogens is 1. The Morgan fingerprint density at radius 2 is 1.41 bits per heavy atom. The Kier molecular flexibility index (Phi) is 6.36. The van der Waals surface area contributed by atoms with E-state index in [1.165, 1.54) is 0 Å². The van der Waals surface area contributed by atoms with Crippen LogP contribution in [-0.4, -0.2) is 21.8 Å². The highest BCUT2D eigenvalue weighted by molar-refractivity contribution is 5.67. The smallest absolute Gasteiger partial charge is 0.489 e. The molecule has 0 bridgehead atoms. The highest BCUT2D eigenvalue weighted by Gasteiger charge is 2.37. The number of hydrogen-bond acceptors (Lipinski definition) is 5. The lowest BCUT2D eigenvalue weighted by atomic mass is 10.1. The summed E-state index contributed by atoms with van der Waals surface area (Å²) >= 11 is 0. The Morgan fingerprint density at radius 1 is 0.824 bits per heavy atom. The number of aromatic nitrogens is 3. The molecule has 34 heavy (non-hydrogen) atoms. The standard InChI is InChI=1S/C19H9F9N4O2/c20-17(21,22)11-1-9(2-12(5-11)18(23,24)25)8-33-13-3-10(16-15(7-29)30-32-31-16)4-14(6-13)34-19(26,27)28/h1-6H,8H2,(H,30,31,32). The van der Waals surface area contributed by atoms with E-state index in [2.05, 4.69) is 20.1 Å². The third kappa shape index (κ3) is 6.09. The van der Waals surface area contributed by atoms with Crippen LogP contribution in [0.15, 0.2) is 36.4 Å². The van der Waals surface area contributed by atoms with Gasteiger partial charge in [-0.25, -0.2) is 5.10 Å². The second-order valence-electron chi connectivity index (χ2n) is 6.59. The number of halogens is 9. The maximum absolute atomic E-state index is 13.0. The van der Waals surface area contributed by atoms with E-state index in [1.807, 2.05) is 0 Å². The highest BCUT2D eigenvalue weighted by Crippen LogP contribution is 2.37. The number of rotatable bonds is 5. The van der Waals surface area contributed by atoms with Crippen LogP contribution >= 0.6 is 0 Å². The van der Waals surface area contributed by atoms with Gasteiger partial charge in [0.05, 0.1) is 11.1 Å². The van der Waals surface area contributed by atoms with Crippen LogP contribution in [0.2, 0.25) is 0 Å². The van der Waals surface area contributed by atoms with Crippen LogP contribution in [0.5, 0.6) is 11.5 Å². The lowest BCUT2D eigenvalue weighted by molar-refractivity contribution is -0.274. The summed E-state index contributed by atoms with van der Waals surface area (Å²) in [7, 11) is 0. The van der Waals surface area contributed by atoms with Gasteiger partial charge in [-0.3, -0.25) is 0 Å². The van der Waals surface area contributed by atoms with E-state index >= 15 is 0 Å². The number of ether oxygens (including phenoxy) is 2. The van der Waals surface area contributed by atoms with E-state index < -0.39 is 53.5 Å². The normalized spacial score (nSPS) is 12.4. The van der Waals surface area contributed by atoms with Crippen molar-refractivity contribution in [3.05, 3.63) is 58.8 Å². The summed E-state index contributed by atoms with van der Waals surface area (Å²) in [5.74, 6) is -1.26. The van der Waals surface area contributed by atoms with Crippen LogP contribution in [-0.2, 0) is 19.0 Å². The Labute approximate surface area is 183 Å². The monoisotopic (exact) mass is 496 g/mol. The molecule has 0 fully saturated rings. The zero-order chi connectivity index (χ0) is 25.3. The van der Waals surface area contributed by atoms with Gasteiger partial charge in [0.15, 0.2) is 5.69 Å². The number of nitrogens with zero attached hydrogens (tertiary/aromatic N) is 3.